The van der Waals surface area contributed by atoms with Crippen LogP contribution < -0.4 is 0 Å². The minimum atomic E-state index is -2.14. The maximum atomic E-state index is 10.4. The Morgan fingerprint density at radius 2 is 1.75 bits per heavy atom. The summed E-state index contributed by atoms with van der Waals surface area (Å²) in [6.07, 6.45) is 4.15. The Bertz CT molecular complexity index is 525. The zero-order chi connectivity index (χ0) is 18.0. The van der Waals surface area contributed by atoms with Crippen molar-refractivity contribution < 1.29 is 14.3 Å². The molecular formula is C19H31IO3Si. The topological polar surface area (TPSA) is 38.7 Å². The number of hydrogen-bond donors (Lipinski definition) is 1. The summed E-state index contributed by atoms with van der Waals surface area (Å²) in [7, 11) is -2.14. The van der Waals surface area contributed by atoms with Crippen LogP contribution in [0.15, 0.2) is 30.3 Å². The van der Waals surface area contributed by atoms with Crippen molar-refractivity contribution in [3.8, 4) is 0 Å². The van der Waals surface area contributed by atoms with Crippen molar-refractivity contribution in [3.05, 3.63) is 35.9 Å². The number of alkyl halides is 1. The summed E-state index contributed by atoms with van der Waals surface area (Å²) in [6.45, 7) is 10.4. The Hall–Kier alpha value is 0.0469. The molecule has 0 amide bonds. The van der Waals surface area contributed by atoms with Gasteiger partial charge in [0.05, 0.1) is 12.2 Å². The lowest BCUT2D eigenvalue weighted by atomic mass is 9.97. The van der Waals surface area contributed by atoms with Crippen LogP contribution in [0.4, 0.5) is 0 Å². The molecule has 0 bridgehead atoms. The van der Waals surface area contributed by atoms with Crippen LogP contribution in [0.5, 0.6) is 0 Å². The van der Waals surface area contributed by atoms with E-state index in [1.807, 2.05) is 26.1 Å². The van der Waals surface area contributed by atoms with E-state index >= 15 is 0 Å². The molecule has 0 saturated carbocycles. The Kier molecular flexibility index (Phi) is 6.56. The zero-order valence-corrected chi connectivity index (χ0v) is 18.7. The minimum absolute atomic E-state index is 0.0228. The van der Waals surface area contributed by atoms with Gasteiger partial charge in [-0.1, -0.05) is 50.6 Å². The van der Waals surface area contributed by atoms with E-state index in [0.29, 0.717) is 0 Å². The highest BCUT2D eigenvalue weighted by molar-refractivity contribution is 14.1. The lowest BCUT2D eigenvalue weighted by Crippen LogP contribution is -2.39. The summed E-state index contributed by atoms with van der Waals surface area (Å²) in [6, 6.07) is 10.5. The Morgan fingerprint density at radius 3 is 2.33 bits per heavy atom. The minimum Gasteiger partial charge on any atom is -0.432 e. The normalized spacial score (nSPS) is 28.3. The summed E-state index contributed by atoms with van der Waals surface area (Å²) in [5.41, 5.74) is 1.29. The SMILES string of the molecule is CC1(I)O[C@H](CCCC(C)(C)[Si](C)(C)O)[C@@H](Cc2ccccc2)O1. The van der Waals surface area contributed by atoms with Crippen LogP contribution in [0, 0.1) is 0 Å². The van der Waals surface area contributed by atoms with Gasteiger partial charge in [0, 0.05) is 6.42 Å². The number of hydrogen-bond acceptors (Lipinski definition) is 3. The Morgan fingerprint density at radius 1 is 1.17 bits per heavy atom. The smallest absolute Gasteiger partial charge is 0.219 e. The molecular weight excluding hydrogens is 431 g/mol. The van der Waals surface area contributed by atoms with E-state index in [9.17, 15) is 4.80 Å². The molecule has 0 aliphatic carbocycles. The van der Waals surface area contributed by atoms with Crippen molar-refractivity contribution in [1.82, 2.24) is 0 Å². The molecule has 1 fully saturated rings. The zero-order valence-electron chi connectivity index (χ0n) is 15.5. The summed E-state index contributed by atoms with van der Waals surface area (Å²) >= 11 is 2.24. The van der Waals surface area contributed by atoms with Crippen molar-refractivity contribution >= 4 is 30.9 Å². The third-order valence-corrected chi connectivity index (χ3v) is 9.44. The average molecular weight is 462 g/mol. The second kappa shape index (κ2) is 7.74. The van der Waals surface area contributed by atoms with Gasteiger partial charge >= 0.3 is 0 Å². The quantitative estimate of drug-likeness (QED) is 0.341. The molecule has 24 heavy (non-hydrogen) atoms. The van der Waals surface area contributed by atoms with E-state index in [1.54, 1.807) is 0 Å². The van der Waals surface area contributed by atoms with Crippen LogP contribution in [0.1, 0.15) is 45.6 Å². The molecule has 1 aromatic carbocycles. The lowest BCUT2D eigenvalue weighted by Gasteiger charge is -2.35. The standard InChI is InChI=1S/C19H31IO3Si/c1-18(2,24(4,5)21)13-9-12-16-17(23-19(3,20)22-16)14-15-10-7-6-8-11-15/h6-8,10-11,16-17,21H,9,12-14H2,1-5H3/t16-,17-,19?/m1/s1. The van der Waals surface area contributed by atoms with Crippen molar-refractivity contribution in [2.45, 2.75) is 80.6 Å². The highest BCUT2D eigenvalue weighted by Gasteiger charge is 2.43. The highest BCUT2D eigenvalue weighted by atomic mass is 127. The van der Waals surface area contributed by atoms with E-state index in [0.717, 1.165) is 25.7 Å². The van der Waals surface area contributed by atoms with Gasteiger partial charge in [0.1, 0.15) is 0 Å². The number of benzene rings is 1. The molecule has 0 radical (unpaired) electrons. The summed E-state index contributed by atoms with van der Waals surface area (Å²) in [5.74, 6) is 0. The summed E-state index contributed by atoms with van der Waals surface area (Å²) in [5, 5.41) is 0.0228. The molecule has 136 valence electrons. The molecule has 1 unspecified atom stereocenters. The summed E-state index contributed by atoms with van der Waals surface area (Å²) in [4.78, 5) is 10.4. The van der Waals surface area contributed by atoms with Gasteiger partial charge in [-0.3, -0.25) is 0 Å². The fourth-order valence-electron chi connectivity index (χ4n) is 3.04. The Labute approximate surface area is 161 Å². The van der Waals surface area contributed by atoms with Crippen molar-refractivity contribution in [3.63, 3.8) is 0 Å². The van der Waals surface area contributed by atoms with Gasteiger partial charge in [0.25, 0.3) is 0 Å². The third-order valence-electron chi connectivity index (χ3n) is 5.36. The van der Waals surface area contributed by atoms with Crippen LogP contribution >= 0.6 is 22.6 Å². The van der Waals surface area contributed by atoms with Crippen LogP contribution in [0.2, 0.25) is 18.1 Å². The van der Waals surface area contributed by atoms with Crippen molar-refractivity contribution in [2.75, 3.05) is 0 Å². The molecule has 1 aliphatic rings. The highest BCUT2D eigenvalue weighted by Crippen LogP contribution is 2.42. The predicted molar refractivity (Wildman–Crippen MR) is 110 cm³/mol. The van der Waals surface area contributed by atoms with Crippen LogP contribution in [0.25, 0.3) is 0 Å². The summed E-state index contributed by atoms with van der Waals surface area (Å²) < 4.78 is 11.7. The number of ether oxygens (including phenoxy) is 2. The average Bonchev–Trinajstić information content (AvgIpc) is 2.72. The molecule has 3 nitrogen and oxygen atoms in total. The molecule has 1 saturated heterocycles. The second-order valence-electron chi connectivity index (χ2n) is 8.17. The van der Waals surface area contributed by atoms with Gasteiger partial charge in [-0.15, -0.1) is 0 Å². The molecule has 1 aliphatic heterocycles. The molecule has 3 atom stereocenters. The van der Waals surface area contributed by atoms with Crippen molar-refractivity contribution in [2.24, 2.45) is 0 Å². The van der Waals surface area contributed by atoms with E-state index in [2.05, 4.69) is 60.7 Å². The van der Waals surface area contributed by atoms with E-state index < -0.39 is 12.1 Å². The molecule has 1 heterocycles. The number of rotatable bonds is 7. The van der Waals surface area contributed by atoms with Gasteiger partial charge in [0.15, 0.2) is 8.32 Å². The predicted octanol–water partition coefficient (Wildman–Crippen LogP) is 5.27. The van der Waals surface area contributed by atoms with Gasteiger partial charge in [0.2, 0.25) is 3.79 Å². The van der Waals surface area contributed by atoms with Gasteiger partial charge in [-0.2, -0.15) is 0 Å². The van der Waals surface area contributed by atoms with Gasteiger partial charge in [-0.25, -0.2) is 0 Å². The molecule has 0 aromatic heterocycles. The molecule has 5 heteroatoms. The largest absolute Gasteiger partial charge is 0.432 e. The van der Waals surface area contributed by atoms with E-state index in [4.69, 9.17) is 9.47 Å². The lowest BCUT2D eigenvalue weighted by molar-refractivity contribution is -0.0680. The molecule has 0 spiro atoms. The van der Waals surface area contributed by atoms with Crippen LogP contribution in [-0.2, 0) is 15.9 Å². The molecule has 1 N–H and O–H groups in total. The second-order valence-corrected chi connectivity index (χ2v) is 14.6. The maximum Gasteiger partial charge on any atom is 0.219 e. The first kappa shape index (κ1) is 20.4. The third kappa shape index (κ3) is 5.52. The number of halogens is 1. The fourth-order valence-corrected chi connectivity index (χ4v) is 4.48. The molecule has 1 aromatic rings. The maximum absolute atomic E-state index is 10.4. The first-order valence-corrected chi connectivity index (χ1v) is 12.8. The molecule has 2 rings (SSSR count). The first-order valence-electron chi connectivity index (χ1n) is 8.81. The van der Waals surface area contributed by atoms with Crippen molar-refractivity contribution in [1.29, 1.82) is 0 Å². The monoisotopic (exact) mass is 462 g/mol. The van der Waals surface area contributed by atoms with E-state index in [-0.39, 0.29) is 17.2 Å². The van der Waals surface area contributed by atoms with Crippen LogP contribution in [0.3, 0.4) is 0 Å². The van der Waals surface area contributed by atoms with Crippen LogP contribution in [-0.4, -0.2) is 29.1 Å². The van der Waals surface area contributed by atoms with Gasteiger partial charge in [-0.05, 0) is 66.1 Å². The first-order chi connectivity index (χ1) is 11.0. The van der Waals surface area contributed by atoms with E-state index in [1.165, 1.54) is 5.56 Å². The van der Waals surface area contributed by atoms with Gasteiger partial charge < -0.3 is 14.3 Å². The fraction of sp³-hybridized carbons (Fsp3) is 0.684. The Balaban J connectivity index is 1.94.